The van der Waals surface area contributed by atoms with E-state index in [4.69, 9.17) is 9.47 Å². The Bertz CT molecular complexity index is 1900. The lowest BCUT2D eigenvalue weighted by molar-refractivity contribution is 0.136. The predicted octanol–water partition coefficient (Wildman–Crippen LogP) is 8.43. The lowest BCUT2D eigenvalue weighted by Gasteiger charge is -2.34. The fourth-order valence-corrected chi connectivity index (χ4v) is 7.04. The Hall–Kier alpha value is -4.76. The molecule has 0 saturated carbocycles. The van der Waals surface area contributed by atoms with Crippen LogP contribution in [0.3, 0.4) is 0 Å². The molecule has 0 N–H and O–H groups in total. The Morgan fingerprint density at radius 1 is 1.04 bits per heavy atom. The molecule has 1 unspecified atom stereocenters. The summed E-state index contributed by atoms with van der Waals surface area (Å²) in [6.07, 6.45) is 13.4. The van der Waals surface area contributed by atoms with Crippen LogP contribution in [0.1, 0.15) is 54.1 Å². The van der Waals surface area contributed by atoms with E-state index < -0.39 is 12.0 Å². The monoisotopic (exact) mass is 635 g/mol. The molecule has 2 aromatic carbocycles. The maximum atomic E-state index is 14.9. The minimum absolute atomic E-state index is 0.00227. The normalized spacial score (nSPS) is 18.5. The summed E-state index contributed by atoms with van der Waals surface area (Å²) < 4.78 is 43.1. The maximum absolute atomic E-state index is 14.9. The van der Waals surface area contributed by atoms with Crippen molar-refractivity contribution in [2.45, 2.75) is 57.9 Å². The Labute approximate surface area is 274 Å². The molecular weight excluding hydrogens is 596 g/mol. The third-order valence-electron chi connectivity index (χ3n) is 9.31. The zero-order valence-corrected chi connectivity index (χ0v) is 27.0. The molecular formula is C38H39F2N5O2. The van der Waals surface area contributed by atoms with Gasteiger partial charge < -0.3 is 19.3 Å². The number of hydrogen-bond donors (Lipinski definition) is 0. The van der Waals surface area contributed by atoms with Gasteiger partial charge in [0.05, 0.1) is 12.3 Å². The zero-order chi connectivity index (χ0) is 32.7. The Balaban J connectivity index is 1.32. The lowest BCUT2D eigenvalue weighted by Crippen LogP contribution is -2.30. The average Bonchev–Trinajstić information content (AvgIpc) is 3.66. The van der Waals surface area contributed by atoms with Gasteiger partial charge in [-0.15, -0.1) is 0 Å². The summed E-state index contributed by atoms with van der Waals surface area (Å²) in [5, 5.41) is 4.49. The SMILES string of the molecule is C=CN1Cc2cc(-c3ccnc(OC4(C)C=CC=CC4)c3)cc(N3CCCc4cc(-c5cn(C)nc5COC)c(C(F)F)cc43)c2C1. The molecule has 0 saturated heterocycles. The minimum Gasteiger partial charge on any atom is -0.467 e. The highest BCUT2D eigenvalue weighted by molar-refractivity contribution is 5.82. The fourth-order valence-electron chi connectivity index (χ4n) is 7.04. The lowest BCUT2D eigenvalue weighted by atomic mass is 9.91. The number of nitrogens with zero attached hydrogens (tertiary/aromatic N) is 5. The number of aromatic nitrogens is 3. The third-order valence-corrected chi connectivity index (χ3v) is 9.31. The highest BCUT2D eigenvalue weighted by atomic mass is 19.3. The highest BCUT2D eigenvalue weighted by Crippen LogP contribution is 2.45. The van der Waals surface area contributed by atoms with Gasteiger partial charge in [-0.05, 0) is 90.2 Å². The van der Waals surface area contributed by atoms with Gasteiger partial charge in [-0.2, -0.15) is 5.10 Å². The van der Waals surface area contributed by atoms with Crippen molar-refractivity contribution >= 4 is 11.4 Å². The molecule has 47 heavy (non-hydrogen) atoms. The number of anilines is 2. The summed E-state index contributed by atoms with van der Waals surface area (Å²) in [7, 11) is 3.39. The van der Waals surface area contributed by atoms with Crippen molar-refractivity contribution in [3.8, 4) is 28.1 Å². The Morgan fingerprint density at radius 2 is 1.91 bits per heavy atom. The van der Waals surface area contributed by atoms with Gasteiger partial charge in [0.2, 0.25) is 5.88 Å². The van der Waals surface area contributed by atoms with Gasteiger partial charge in [0.15, 0.2) is 0 Å². The number of benzene rings is 2. The minimum atomic E-state index is -2.66. The Kier molecular flexibility index (Phi) is 8.18. The summed E-state index contributed by atoms with van der Waals surface area (Å²) in [5.74, 6) is 0.556. The van der Waals surface area contributed by atoms with Crippen LogP contribution in [0.2, 0.25) is 0 Å². The van der Waals surface area contributed by atoms with Crippen molar-refractivity contribution in [3.05, 3.63) is 114 Å². The molecule has 0 radical (unpaired) electrons. The number of rotatable bonds is 9. The van der Waals surface area contributed by atoms with Crippen LogP contribution in [0.15, 0.2) is 85.9 Å². The van der Waals surface area contributed by atoms with Crippen LogP contribution in [0.5, 0.6) is 5.88 Å². The van der Waals surface area contributed by atoms with E-state index in [0.717, 1.165) is 60.4 Å². The molecule has 4 aromatic rings. The van der Waals surface area contributed by atoms with E-state index in [2.05, 4.69) is 57.7 Å². The van der Waals surface area contributed by atoms with E-state index in [-0.39, 0.29) is 12.2 Å². The fraction of sp³-hybridized carbons (Fsp3) is 0.316. The number of halogens is 2. The third kappa shape index (κ3) is 5.96. The largest absolute Gasteiger partial charge is 0.467 e. The van der Waals surface area contributed by atoms with E-state index >= 15 is 0 Å². The number of fused-ring (bicyclic) bond motifs is 2. The van der Waals surface area contributed by atoms with Gasteiger partial charge in [-0.1, -0.05) is 24.8 Å². The van der Waals surface area contributed by atoms with Crippen LogP contribution < -0.4 is 9.64 Å². The van der Waals surface area contributed by atoms with Crippen LogP contribution in [0, 0.1) is 0 Å². The number of methoxy groups -OCH3 is 1. The van der Waals surface area contributed by atoms with Crippen molar-refractivity contribution in [2.75, 3.05) is 18.6 Å². The van der Waals surface area contributed by atoms with E-state index in [1.807, 2.05) is 36.6 Å². The number of pyridine rings is 1. The van der Waals surface area contributed by atoms with E-state index in [1.54, 1.807) is 37.3 Å². The van der Waals surface area contributed by atoms with Crippen molar-refractivity contribution in [1.29, 1.82) is 0 Å². The van der Waals surface area contributed by atoms with Crippen LogP contribution >= 0.6 is 0 Å². The smallest absolute Gasteiger partial charge is 0.264 e. The number of allylic oxidation sites excluding steroid dienone is 2. The van der Waals surface area contributed by atoms with Gasteiger partial charge >= 0.3 is 0 Å². The van der Waals surface area contributed by atoms with Crippen molar-refractivity contribution in [3.63, 3.8) is 0 Å². The van der Waals surface area contributed by atoms with Crippen molar-refractivity contribution in [2.24, 2.45) is 7.05 Å². The summed E-state index contributed by atoms with van der Waals surface area (Å²) in [5.41, 5.74) is 8.67. The molecule has 3 aliphatic rings. The summed E-state index contributed by atoms with van der Waals surface area (Å²) in [6.45, 7) is 8.49. The van der Waals surface area contributed by atoms with Gasteiger partial charge in [0.25, 0.3) is 6.43 Å². The molecule has 0 amide bonds. The van der Waals surface area contributed by atoms with Crippen molar-refractivity contribution < 1.29 is 18.3 Å². The standard InChI is InChI=1S/C38H39F2N5O2/c1-5-44-21-28-16-27(25-11-14-41-36(19-25)47-38(2)12-7-6-8-13-38)18-35(31(28)23-44)45-15-9-10-26-17-29(30(37(39)40)20-34(26)45)32-22-43(3)42-33(32)24-46-4/h5-8,11-12,14,16-20,22,37H,1,9-10,13,15,21,23-24H2,2-4H3. The first kappa shape index (κ1) is 30.9. The second kappa shape index (κ2) is 12.4. The van der Waals surface area contributed by atoms with Gasteiger partial charge in [0.1, 0.15) is 5.60 Å². The first-order valence-electron chi connectivity index (χ1n) is 16.0. The van der Waals surface area contributed by atoms with E-state index in [1.165, 1.54) is 11.1 Å². The van der Waals surface area contributed by atoms with Crippen LogP contribution in [-0.4, -0.2) is 38.9 Å². The summed E-state index contributed by atoms with van der Waals surface area (Å²) in [4.78, 5) is 8.94. The number of aryl methyl sites for hydroxylation is 2. The maximum Gasteiger partial charge on any atom is 0.264 e. The first-order valence-corrected chi connectivity index (χ1v) is 16.0. The van der Waals surface area contributed by atoms with Gasteiger partial charge in [-0.3, -0.25) is 4.68 Å². The molecule has 0 spiro atoms. The van der Waals surface area contributed by atoms with Gasteiger partial charge in [0, 0.05) is 86.7 Å². The molecule has 7 rings (SSSR count). The molecule has 242 valence electrons. The van der Waals surface area contributed by atoms with Crippen LogP contribution in [0.4, 0.5) is 20.2 Å². The molecule has 0 bridgehead atoms. The molecule has 9 heteroatoms. The van der Waals surface area contributed by atoms with E-state index in [9.17, 15) is 8.78 Å². The van der Waals surface area contributed by atoms with Gasteiger partial charge in [-0.25, -0.2) is 13.8 Å². The molecule has 4 heterocycles. The Morgan fingerprint density at radius 3 is 2.68 bits per heavy atom. The second-order valence-electron chi connectivity index (χ2n) is 12.7. The molecule has 0 fully saturated rings. The van der Waals surface area contributed by atoms with Crippen LogP contribution in [-0.2, 0) is 37.9 Å². The molecule has 7 nitrogen and oxygen atoms in total. The van der Waals surface area contributed by atoms with Crippen LogP contribution in [0.25, 0.3) is 22.3 Å². The quantitative estimate of drug-likeness (QED) is 0.184. The number of hydrogen-bond acceptors (Lipinski definition) is 6. The highest BCUT2D eigenvalue weighted by Gasteiger charge is 2.30. The summed E-state index contributed by atoms with van der Waals surface area (Å²) in [6, 6.07) is 12.0. The topological polar surface area (TPSA) is 55.7 Å². The molecule has 2 aliphatic heterocycles. The van der Waals surface area contributed by atoms with Crippen molar-refractivity contribution in [1.82, 2.24) is 19.7 Å². The first-order chi connectivity index (χ1) is 22.7. The summed E-state index contributed by atoms with van der Waals surface area (Å²) >= 11 is 0. The average molecular weight is 636 g/mol. The molecule has 1 aliphatic carbocycles. The van der Waals surface area contributed by atoms with E-state index in [0.29, 0.717) is 29.2 Å². The second-order valence-corrected chi connectivity index (χ2v) is 12.7. The number of alkyl halides is 2. The molecule has 2 aromatic heterocycles. The predicted molar refractivity (Wildman–Crippen MR) is 181 cm³/mol. The number of ether oxygens (including phenoxy) is 2. The molecule has 1 atom stereocenters. The zero-order valence-electron chi connectivity index (χ0n) is 27.0.